The quantitative estimate of drug-likeness (QED) is 0.281. The number of nitrogens with zero attached hydrogens (tertiary/aromatic N) is 3. The number of nitrogens with two attached hydrogens (primary N) is 2. The Hall–Kier alpha value is -3.43. The number of hydrogen-bond donors (Lipinski definition) is 3. The number of ether oxygens (including phenoxy) is 2. The number of esters is 1. The largest absolute Gasteiger partial charge is 0.497 e. The molecule has 3 rings (SSSR count). The van der Waals surface area contributed by atoms with Crippen LogP contribution in [-0.4, -0.2) is 55.8 Å². The highest BCUT2D eigenvalue weighted by Crippen LogP contribution is 2.30. The highest BCUT2D eigenvalue weighted by atomic mass is 16.5. The average molecular weight is 453 g/mol. The van der Waals surface area contributed by atoms with Gasteiger partial charge in [-0.15, -0.1) is 0 Å². The number of benzene rings is 2. The zero-order chi connectivity index (χ0) is 23.6. The number of carbonyl (C=O) groups excluding carboxylic acids is 1. The molecular weight excluding hydrogens is 420 g/mol. The van der Waals surface area contributed by atoms with Gasteiger partial charge in [-0.05, 0) is 55.8 Å². The Labute approximate surface area is 194 Å². The predicted octanol–water partition coefficient (Wildman–Crippen LogP) is 2.82. The molecule has 1 unspecified atom stereocenters. The first kappa shape index (κ1) is 24.2. The number of unbranched alkanes of at least 4 members (excludes halogenated alkanes) is 1. The zero-order valence-electron chi connectivity index (χ0n) is 19.2. The maximum Gasteiger partial charge on any atom is 0.322 e. The Morgan fingerprint density at radius 3 is 2.61 bits per heavy atom. The van der Waals surface area contributed by atoms with Crippen LogP contribution in [0.4, 0.5) is 17.5 Å². The molecule has 5 N–H and O–H groups in total. The number of aromatic nitrogens is 2. The van der Waals surface area contributed by atoms with Gasteiger partial charge < -0.3 is 31.2 Å². The summed E-state index contributed by atoms with van der Waals surface area (Å²) >= 11 is 0. The van der Waals surface area contributed by atoms with E-state index in [1.54, 1.807) is 7.11 Å². The summed E-state index contributed by atoms with van der Waals surface area (Å²) in [6.45, 7) is 1.13. The molecular formula is C24H32N6O3. The fourth-order valence-corrected chi connectivity index (χ4v) is 3.37. The van der Waals surface area contributed by atoms with Gasteiger partial charge in [-0.25, -0.2) is 4.98 Å². The minimum absolute atomic E-state index is 0.170. The minimum atomic E-state index is -0.627. The molecule has 0 spiro atoms. The summed E-state index contributed by atoms with van der Waals surface area (Å²) in [4.78, 5) is 23.3. The van der Waals surface area contributed by atoms with E-state index >= 15 is 0 Å². The predicted molar refractivity (Wildman–Crippen MR) is 131 cm³/mol. The SMILES string of the molecule is COc1ccc(N(C)c2nc(NCCOC(=O)C(N)CCCCN)nc3ccccc23)cc1. The molecule has 1 aromatic heterocycles. The molecule has 9 nitrogen and oxygen atoms in total. The number of rotatable bonds is 12. The van der Waals surface area contributed by atoms with Gasteiger partial charge in [0.25, 0.3) is 0 Å². The van der Waals surface area contributed by atoms with Gasteiger partial charge in [-0.3, -0.25) is 4.79 Å². The van der Waals surface area contributed by atoms with Crippen molar-refractivity contribution in [3.05, 3.63) is 48.5 Å². The van der Waals surface area contributed by atoms with Gasteiger partial charge in [0.2, 0.25) is 5.95 Å². The summed E-state index contributed by atoms with van der Waals surface area (Å²) in [5, 5.41) is 4.07. The van der Waals surface area contributed by atoms with Gasteiger partial charge >= 0.3 is 5.97 Å². The number of hydrogen-bond acceptors (Lipinski definition) is 9. The molecule has 1 heterocycles. The smallest absolute Gasteiger partial charge is 0.322 e. The summed E-state index contributed by atoms with van der Waals surface area (Å²) < 4.78 is 10.5. The molecule has 0 aliphatic carbocycles. The van der Waals surface area contributed by atoms with E-state index in [0.717, 1.165) is 41.0 Å². The Bertz CT molecular complexity index is 1040. The molecule has 1 atom stereocenters. The minimum Gasteiger partial charge on any atom is -0.497 e. The van der Waals surface area contributed by atoms with E-state index in [1.165, 1.54) is 0 Å². The highest BCUT2D eigenvalue weighted by Gasteiger charge is 2.15. The lowest BCUT2D eigenvalue weighted by atomic mass is 10.1. The molecule has 0 amide bonds. The Balaban J connectivity index is 1.67. The molecule has 0 radical (unpaired) electrons. The van der Waals surface area contributed by atoms with Crippen LogP contribution >= 0.6 is 0 Å². The Kier molecular flexibility index (Phi) is 8.79. The molecule has 176 valence electrons. The van der Waals surface area contributed by atoms with Crippen LogP contribution in [-0.2, 0) is 9.53 Å². The first-order valence-corrected chi connectivity index (χ1v) is 11.0. The van der Waals surface area contributed by atoms with E-state index in [9.17, 15) is 4.79 Å². The van der Waals surface area contributed by atoms with Crippen molar-refractivity contribution in [2.24, 2.45) is 11.5 Å². The molecule has 3 aromatic rings. The van der Waals surface area contributed by atoms with E-state index in [2.05, 4.69) is 10.3 Å². The monoisotopic (exact) mass is 452 g/mol. The number of fused-ring (bicyclic) bond motifs is 1. The van der Waals surface area contributed by atoms with E-state index in [4.69, 9.17) is 25.9 Å². The van der Waals surface area contributed by atoms with Crippen LogP contribution < -0.4 is 26.4 Å². The van der Waals surface area contributed by atoms with E-state index in [-0.39, 0.29) is 6.61 Å². The summed E-state index contributed by atoms with van der Waals surface area (Å²) in [5.41, 5.74) is 13.1. The van der Waals surface area contributed by atoms with Crippen molar-refractivity contribution in [1.82, 2.24) is 9.97 Å². The van der Waals surface area contributed by atoms with Gasteiger partial charge in [0, 0.05) is 18.1 Å². The number of carbonyl (C=O) groups is 1. The molecule has 0 aliphatic rings. The summed E-state index contributed by atoms with van der Waals surface area (Å²) in [7, 11) is 3.59. The summed E-state index contributed by atoms with van der Waals surface area (Å²) in [6, 6.07) is 14.9. The van der Waals surface area contributed by atoms with Crippen LogP contribution in [0.15, 0.2) is 48.5 Å². The third-order valence-corrected chi connectivity index (χ3v) is 5.26. The maximum atomic E-state index is 12.0. The topological polar surface area (TPSA) is 129 Å². The van der Waals surface area contributed by atoms with Gasteiger partial charge in [-0.2, -0.15) is 4.98 Å². The van der Waals surface area contributed by atoms with E-state index < -0.39 is 12.0 Å². The number of para-hydroxylation sites is 1. The normalized spacial score (nSPS) is 11.8. The maximum absolute atomic E-state index is 12.0. The van der Waals surface area contributed by atoms with Crippen molar-refractivity contribution in [2.45, 2.75) is 25.3 Å². The molecule has 2 aromatic carbocycles. The second-order valence-corrected chi connectivity index (χ2v) is 7.63. The second kappa shape index (κ2) is 12.0. The first-order chi connectivity index (χ1) is 16.0. The first-order valence-electron chi connectivity index (χ1n) is 11.0. The highest BCUT2D eigenvalue weighted by molar-refractivity contribution is 5.92. The van der Waals surface area contributed by atoms with Crippen LogP contribution in [0, 0.1) is 0 Å². The molecule has 9 heteroatoms. The summed E-state index contributed by atoms with van der Waals surface area (Å²) in [6.07, 6.45) is 2.22. The van der Waals surface area contributed by atoms with Crippen molar-refractivity contribution in [1.29, 1.82) is 0 Å². The fraction of sp³-hybridized carbons (Fsp3) is 0.375. The van der Waals surface area contributed by atoms with Crippen LogP contribution in [0.2, 0.25) is 0 Å². The molecule has 0 saturated carbocycles. The lowest BCUT2D eigenvalue weighted by molar-refractivity contribution is -0.145. The van der Waals surface area contributed by atoms with Crippen LogP contribution in [0.3, 0.4) is 0 Å². The molecule has 33 heavy (non-hydrogen) atoms. The van der Waals surface area contributed by atoms with Crippen molar-refractivity contribution in [3.63, 3.8) is 0 Å². The van der Waals surface area contributed by atoms with Crippen LogP contribution in [0.25, 0.3) is 10.9 Å². The molecule has 0 bridgehead atoms. The zero-order valence-corrected chi connectivity index (χ0v) is 19.2. The van der Waals surface area contributed by atoms with Crippen molar-refractivity contribution >= 4 is 34.3 Å². The Morgan fingerprint density at radius 2 is 1.88 bits per heavy atom. The summed E-state index contributed by atoms with van der Waals surface area (Å²) in [5.74, 6) is 1.59. The van der Waals surface area contributed by atoms with Crippen LogP contribution in [0.1, 0.15) is 19.3 Å². The van der Waals surface area contributed by atoms with Gasteiger partial charge in [0.15, 0.2) is 0 Å². The van der Waals surface area contributed by atoms with E-state index in [1.807, 2.05) is 60.5 Å². The molecule has 0 saturated heterocycles. The van der Waals surface area contributed by atoms with Gasteiger partial charge in [0.1, 0.15) is 24.2 Å². The number of nitrogens with one attached hydrogen (secondary N) is 1. The van der Waals surface area contributed by atoms with Crippen molar-refractivity contribution in [2.75, 3.05) is 44.1 Å². The van der Waals surface area contributed by atoms with Gasteiger partial charge in [0.05, 0.1) is 19.2 Å². The Morgan fingerprint density at radius 1 is 1.12 bits per heavy atom. The number of methoxy groups -OCH3 is 1. The standard InChI is InChI=1S/C24H32N6O3/c1-30(17-10-12-18(32-2)13-11-17)22-19-7-3-4-9-21(19)28-24(29-22)27-15-16-33-23(31)20(26)8-5-6-14-25/h3-4,7,9-13,20H,5-6,8,14-16,25-26H2,1-2H3,(H,27,28,29). The lowest BCUT2D eigenvalue weighted by Gasteiger charge is -2.21. The molecule has 0 fully saturated rings. The third kappa shape index (κ3) is 6.53. The molecule has 0 aliphatic heterocycles. The van der Waals surface area contributed by atoms with Crippen molar-refractivity contribution < 1.29 is 14.3 Å². The average Bonchev–Trinajstić information content (AvgIpc) is 2.85. The van der Waals surface area contributed by atoms with E-state index in [0.29, 0.717) is 25.5 Å². The number of anilines is 3. The second-order valence-electron chi connectivity index (χ2n) is 7.63. The van der Waals surface area contributed by atoms with Gasteiger partial charge in [-0.1, -0.05) is 18.6 Å². The lowest BCUT2D eigenvalue weighted by Crippen LogP contribution is -2.33. The third-order valence-electron chi connectivity index (χ3n) is 5.26. The van der Waals surface area contributed by atoms with Crippen molar-refractivity contribution in [3.8, 4) is 5.75 Å². The van der Waals surface area contributed by atoms with Crippen LogP contribution in [0.5, 0.6) is 5.75 Å². The fourth-order valence-electron chi connectivity index (χ4n) is 3.37.